The summed E-state index contributed by atoms with van der Waals surface area (Å²) in [4.78, 5) is 15.6. The van der Waals surface area contributed by atoms with Gasteiger partial charge in [0.25, 0.3) is 5.91 Å². The Hall–Kier alpha value is -1.86. The van der Waals surface area contributed by atoms with E-state index >= 15 is 0 Å². The van der Waals surface area contributed by atoms with Gasteiger partial charge in [0.2, 0.25) is 0 Å². The fraction of sp³-hybridized carbons (Fsp3) is 0.385. The summed E-state index contributed by atoms with van der Waals surface area (Å²) in [5, 5.41) is 11.3. The van der Waals surface area contributed by atoms with Crippen LogP contribution in [0.25, 0.3) is 0 Å². The van der Waals surface area contributed by atoms with E-state index in [4.69, 9.17) is 5.11 Å². The minimum Gasteiger partial charge on any atom is -0.384 e. The number of nitrogens with one attached hydrogen (secondary N) is 1. The summed E-state index contributed by atoms with van der Waals surface area (Å²) in [6, 6.07) is 3.34. The molecule has 0 aromatic carbocycles. The van der Waals surface area contributed by atoms with Crippen molar-refractivity contribution in [2.75, 3.05) is 13.2 Å². The Morgan fingerprint density at radius 3 is 2.94 bits per heavy atom. The van der Waals surface area contributed by atoms with Crippen LogP contribution in [-0.2, 0) is 0 Å². The highest BCUT2D eigenvalue weighted by atomic mass is 16.2. The highest BCUT2D eigenvalue weighted by Crippen LogP contribution is 1.99. The minimum absolute atomic E-state index is 0.167. The standard InChI is InChI=1S/C13H16N2O2/c1-2-3-8-14-13(17)12-7-6-11(10-15-12)5-4-9-16/h6-7,10,16H,2-3,8-9H2,1H3,(H,14,17). The van der Waals surface area contributed by atoms with Gasteiger partial charge in [-0.25, -0.2) is 4.98 Å². The third-order valence-electron chi connectivity index (χ3n) is 2.12. The van der Waals surface area contributed by atoms with E-state index in [2.05, 4.69) is 29.1 Å². The van der Waals surface area contributed by atoms with Crippen LogP contribution in [0.2, 0.25) is 0 Å². The van der Waals surface area contributed by atoms with Crippen molar-refractivity contribution in [3.63, 3.8) is 0 Å². The van der Waals surface area contributed by atoms with E-state index in [-0.39, 0.29) is 12.5 Å². The molecule has 4 heteroatoms. The third kappa shape index (κ3) is 4.66. The van der Waals surface area contributed by atoms with Crippen LogP contribution in [0, 0.1) is 11.8 Å². The Bertz CT molecular complexity index is 415. The van der Waals surface area contributed by atoms with Crippen LogP contribution in [0.1, 0.15) is 35.8 Å². The minimum atomic E-state index is -0.181. The van der Waals surface area contributed by atoms with Crippen LogP contribution in [0.4, 0.5) is 0 Å². The maximum Gasteiger partial charge on any atom is 0.269 e. The monoisotopic (exact) mass is 232 g/mol. The number of hydrogen-bond donors (Lipinski definition) is 2. The number of amides is 1. The largest absolute Gasteiger partial charge is 0.384 e. The first kappa shape index (κ1) is 13.2. The number of aliphatic hydroxyl groups is 1. The van der Waals surface area contributed by atoms with Gasteiger partial charge in [-0.15, -0.1) is 0 Å². The van der Waals surface area contributed by atoms with Crippen molar-refractivity contribution < 1.29 is 9.90 Å². The lowest BCUT2D eigenvalue weighted by molar-refractivity contribution is 0.0948. The zero-order valence-electron chi connectivity index (χ0n) is 9.86. The van der Waals surface area contributed by atoms with Crippen LogP contribution in [-0.4, -0.2) is 29.1 Å². The van der Waals surface area contributed by atoms with Crippen LogP contribution in [0.5, 0.6) is 0 Å². The van der Waals surface area contributed by atoms with Gasteiger partial charge < -0.3 is 10.4 Å². The molecule has 0 radical (unpaired) electrons. The molecule has 4 nitrogen and oxygen atoms in total. The molecule has 0 bridgehead atoms. The van der Waals surface area contributed by atoms with Crippen LogP contribution < -0.4 is 5.32 Å². The summed E-state index contributed by atoms with van der Waals surface area (Å²) < 4.78 is 0. The number of unbranched alkanes of at least 4 members (excludes halogenated alkanes) is 1. The molecular weight excluding hydrogens is 216 g/mol. The van der Waals surface area contributed by atoms with Crippen molar-refractivity contribution >= 4 is 5.91 Å². The maximum absolute atomic E-state index is 11.6. The normalized spacial score (nSPS) is 9.29. The van der Waals surface area contributed by atoms with Gasteiger partial charge in [-0.2, -0.15) is 0 Å². The molecule has 1 rings (SSSR count). The smallest absolute Gasteiger partial charge is 0.269 e. The third-order valence-corrected chi connectivity index (χ3v) is 2.12. The molecule has 1 aromatic heterocycles. The van der Waals surface area contributed by atoms with E-state index in [0.717, 1.165) is 12.8 Å². The second-order valence-electron chi connectivity index (χ2n) is 3.50. The van der Waals surface area contributed by atoms with E-state index in [1.54, 1.807) is 12.1 Å². The quantitative estimate of drug-likeness (QED) is 0.600. The van der Waals surface area contributed by atoms with Gasteiger partial charge >= 0.3 is 0 Å². The van der Waals surface area contributed by atoms with Gasteiger partial charge in [0.05, 0.1) is 0 Å². The van der Waals surface area contributed by atoms with Gasteiger partial charge in [0, 0.05) is 18.3 Å². The number of aromatic nitrogens is 1. The van der Waals surface area contributed by atoms with E-state index in [0.29, 0.717) is 17.8 Å². The molecule has 0 saturated heterocycles. The fourth-order valence-electron chi connectivity index (χ4n) is 1.21. The highest BCUT2D eigenvalue weighted by Gasteiger charge is 2.05. The van der Waals surface area contributed by atoms with Gasteiger partial charge in [0.1, 0.15) is 12.3 Å². The molecule has 0 aliphatic rings. The Labute approximate surface area is 101 Å². The number of aliphatic hydroxyl groups excluding tert-OH is 1. The molecule has 17 heavy (non-hydrogen) atoms. The Kier molecular flexibility index (Phi) is 5.76. The van der Waals surface area contributed by atoms with E-state index in [9.17, 15) is 4.79 Å². The van der Waals surface area contributed by atoms with Gasteiger partial charge in [-0.1, -0.05) is 25.2 Å². The molecule has 0 saturated carbocycles. The second kappa shape index (κ2) is 7.42. The summed E-state index contributed by atoms with van der Waals surface area (Å²) in [7, 11) is 0. The van der Waals surface area contributed by atoms with Gasteiger partial charge in [0.15, 0.2) is 0 Å². The van der Waals surface area contributed by atoms with E-state index in [1.807, 2.05) is 0 Å². The number of hydrogen-bond acceptors (Lipinski definition) is 3. The van der Waals surface area contributed by atoms with Crippen LogP contribution in [0.3, 0.4) is 0 Å². The predicted molar refractivity (Wildman–Crippen MR) is 65.4 cm³/mol. The Morgan fingerprint density at radius 1 is 1.53 bits per heavy atom. The average Bonchev–Trinajstić information content (AvgIpc) is 2.37. The zero-order valence-corrected chi connectivity index (χ0v) is 9.86. The van der Waals surface area contributed by atoms with Crippen molar-refractivity contribution in [2.24, 2.45) is 0 Å². The summed E-state index contributed by atoms with van der Waals surface area (Å²) in [6.45, 7) is 2.56. The molecule has 0 aliphatic carbocycles. The summed E-state index contributed by atoms with van der Waals surface area (Å²) in [6.07, 6.45) is 3.53. The average molecular weight is 232 g/mol. The van der Waals surface area contributed by atoms with Gasteiger partial charge in [-0.3, -0.25) is 4.79 Å². The lowest BCUT2D eigenvalue weighted by Crippen LogP contribution is -2.25. The first-order chi connectivity index (χ1) is 8.27. The van der Waals surface area contributed by atoms with Crippen LogP contribution in [0.15, 0.2) is 18.3 Å². The summed E-state index contributed by atoms with van der Waals surface area (Å²) >= 11 is 0. The molecule has 0 aliphatic heterocycles. The molecule has 0 atom stereocenters. The van der Waals surface area contributed by atoms with Crippen molar-refractivity contribution in [2.45, 2.75) is 19.8 Å². The molecule has 0 fully saturated rings. The predicted octanol–water partition coefficient (Wildman–Crippen LogP) is 0.955. The fourth-order valence-corrected chi connectivity index (χ4v) is 1.21. The van der Waals surface area contributed by atoms with E-state index < -0.39 is 0 Å². The molecular formula is C13H16N2O2. The van der Waals surface area contributed by atoms with Gasteiger partial charge in [-0.05, 0) is 18.6 Å². The molecule has 1 amide bonds. The van der Waals surface area contributed by atoms with E-state index in [1.165, 1.54) is 6.20 Å². The topological polar surface area (TPSA) is 62.2 Å². The highest BCUT2D eigenvalue weighted by molar-refractivity contribution is 5.92. The molecule has 2 N–H and O–H groups in total. The molecule has 90 valence electrons. The molecule has 1 heterocycles. The molecule has 1 aromatic rings. The zero-order chi connectivity index (χ0) is 12.5. The van der Waals surface area contributed by atoms with Crippen molar-refractivity contribution in [1.82, 2.24) is 10.3 Å². The first-order valence-corrected chi connectivity index (χ1v) is 5.62. The number of carbonyl (C=O) groups is 1. The SMILES string of the molecule is CCCCNC(=O)c1ccc(C#CCO)cn1. The number of nitrogens with zero attached hydrogens (tertiary/aromatic N) is 1. The second-order valence-corrected chi connectivity index (χ2v) is 3.50. The van der Waals surface area contributed by atoms with Crippen molar-refractivity contribution in [1.29, 1.82) is 0 Å². The van der Waals surface area contributed by atoms with Crippen molar-refractivity contribution in [3.8, 4) is 11.8 Å². The number of carbonyl (C=O) groups excluding carboxylic acids is 1. The van der Waals surface area contributed by atoms with Crippen molar-refractivity contribution in [3.05, 3.63) is 29.6 Å². The lowest BCUT2D eigenvalue weighted by atomic mass is 10.2. The Balaban J connectivity index is 2.57. The van der Waals surface area contributed by atoms with Crippen LogP contribution >= 0.6 is 0 Å². The summed E-state index contributed by atoms with van der Waals surface area (Å²) in [5.74, 6) is 5.07. The molecule has 0 spiro atoms. The molecule has 0 unspecified atom stereocenters. The Morgan fingerprint density at radius 2 is 2.35 bits per heavy atom. The number of rotatable bonds is 4. The number of pyridine rings is 1. The maximum atomic E-state index is 11.6. The summed E-state index contributed by atoms with van der Waals surface area (Å²) in [5.41, 5.74) is 1.07. The lowest BCUT2D eigenvalue weighted by Gasteiger charge is -2.03. The first-order valence-electron chi connectivity index (χ1n) is 5.62.